The summed E-state index contributed by atoms with van der Waals surface area (Å²) in [6.45, 7) is 4.21. The number of para-hydroxylation sites is 1. The minimum Gasteiger partial charge on any atom is -0.508 e. The first kappa shape index (κ1) is 36.8. The molecule has 54 heavy (non-hydrogen) atoms. The molecule has 280 valence electrons. The molecule has 0 saturated carbocycles. The second-order valence-corrected chi connectivity index (χ2v) is 13.3. The molecular formula is C42H46N6O6. The number of phenols is 1. The first-order valence-corrected chi connectivity index (χ1v) is 18.5. The molecule has 3 aromatic heterocycles. The highest BCUT2D eigenvalue weighted by Gasteiger charge is 2.33. The van der Waals surface area contributed by atoms with Crippen LogP contribution in [0.1, 0.15) is 61.3 Å². The van der Waals surface area contributed by atoms with E-state index in [2.05, 4.69) is 67.8 Å². The molecule has 4 heterocycles. The molecule has 0 radical (unpaired) electrons. The number of ether oxygens (including phenoxy) is 3. The fourth-order valence-corrected chi connectivity index (χ4v) is 7.09. The molecule has 1 atom stereocenters. The Morgan fingerprint density at radius 1 is 0.907 bits per heavy atom. The van der Waals surface area contributed by atoms with Gasteiger partial charge in [-0.15, -0.1) is 0 Å². The van der Waals surface area contributed by atoms with Crippen LogP contribution in [0.2, 0.25) is 0 Å². The predicted molar refractivity (Wildman–Crippen MR) is 207 cm³/mol. The summed E-state index contributed by atoms with van der Waals surface area (Å²) in [5.74, 6) is -0.165. The van der Waals surface area contributed by atoms with Crippen molar-refractivity contribution >= 4 is 33.6 Å². The van der Waals surface area contributed by atoms with Gasteiger partial charge in [0.25, 0.3) is 11.8 Å². The molecule has 0 saturated heterocycles. The van der Waals surface area contributed by atoms with Crippen molar-refractivity contribution in [3.63, 3.8) is 0 Å². The SMILES string of the molecule is NCCOCCOCCOCCNC(=O)c1ccnc(Cn2ccc3ccc(CCCc4[nH]c5ccccc5c4C4NC(=O)c5ccc(O)cc54)cc32)c1. The average Bonchev–Trinajstić information content (AvgIpc) is 3.86. The number of aromatic hydroxyl groups is 1. The Balaban J connectivity index is 0.948. The molecule has 6 N–H and O–H groups in total. The van der Waals surface area contributed by atoms with Crippen molar-refractivity contribution in [2.24, 2.45) is 5.73 Å². The number of H-pyrrole nitrogens is 1. The van der Waals surface area contributed by atoms with Crippen LogP contribution < -0.4 is 16.4 Å². The zero-order chi connectivity index (χ0) is 37.3. The van der Waals surface area contributed by atoms with Crippen LogP contribution in [-0.2, 0) is 33.6 Å². The number of amides is 2. The van der Waals surface area contributed by atoms with Gasteiger partial charge in [-0.3, -0.25) is 14.6 Å². The van der Waals surface area contributed by atoms with Crippen LogP contribution in [0, 0.1) is 0 Å². The quantitative estimate of drug-likeness (QED) is 0.0726. The van der Waals surface area contributed by atoms with Crippen LogP contribution >= 0.6 is 0 Å². The maximum Gasteiger partial charge on any atom is 0.252 e. The van der Waals surface area contributed by atoms with Gasteiger partial charge in [-0.25, -0.2) is 0 Å². The zero-order valence-corrected chi connectivity index (χ0v) is 30.2. The van der Waals surface area contributed by atoms with E-state index in [0.29, 0.717) is 70.4 Å². The summed E-state index contributed by atoms with van der Waals surface area (Å²) < 4.78 is 18.4. The maximum absolute atomic E-state index is 12.9. The number of aromatic amines is 1. The molecule has 1 unspecified atom stereocenters. The highest BCUT2D eigenvalue weighted by atomic mass is 16.5. The molecule has 0 spiro atoms. The summed E-state index contributed by atoms with van der Waals surface area (Å²) in [4.78, 5) is 33.9. The second kappa shape index (κ2) is 17.5. The Kier molecular flexibility index (Phi) is 12.0. The van der Waals surface area contributed by atoms with Gasteiger partial charge >= 0.3 is 0 Å². The number of hydrogen-bond donors (Lipinski definition) is 5. The number of carbonyl (C=O) groups excluding carboxylic acids is 2. The van der Waals surface area contributed by atoms with Gasteiger partial charge in [0, 0.05) is 64.3 Å². The predicted octanol–water partition coefficient (Wildman–Crippen LogP) is 5.02. The number of benzene rings is 3. The van der Waals surface area contributed by atoms with Crippen LogP contribution in [0.25, 0.3) is 21.8 Å². The molecule has 0 fully saturated rings. The van der Waals surface area contributed by atoms with Crippen LogP contribution in [0.5, 0.6) is 5.75 Å². The number of nitrogens with one attached hydrogen (secondary N) is 3. The number of aromatic nitrogens is 3. The van der Waals surface area contributed by atoms with Gasteiger partial charge in [0.05, 0.1) is 57.9 Å². The number of phenolic OH excluding ortho intramolecular Hbond substituents is 1. The lowest BCUT2D eigenvalue weighted by atomic mass is 9.94. The first-order valence-electron chi connectivity index (χ1n) is 18.5. The topological polar surface area (TPSA) is 166 Å². The minimum atomic E-state index is -0.341. The maximum atomic E-state index is 12.9. The Bertz CT molecular complexity index is 2230. The third-order valence-corrected chi connectivity index (χ3v) is 9.66. The lowest BCUT2D eigenvalue weighted by Crippen LogP contribution is -2.28. The highest BCUT2D eigenvalue weighted by molar-refractivity contribution is 6.01. The number of aryl methyl sites for hydroxylation is 2. The zero-order valence-electron chi connectivity index (χ0n) is 30.2. The number of hydrogen-bond acceptors (Lipinski definition) is 8. The minimum absolute atomic E-state index is 0.131. The number of pyridine rings is 1. The summed E-state index contributed by atoms with van der Waals surface area (Å²) >= 11 is 0. The number of carbonyl (C=O) groups is 2. The third-order valence-electron chi connectivity index (χ3n) is 9.66. The third kappa shape index (κ3) is 8.64. The van der Waals surface area contributed by atoms with Crippen molar-refractivity contribution in [3.05, 3.63) is 130 Å². The van der Waals surface area contributed by atoms with Crippen molar-refractivity contribution < 1.29 is 28.9 Å². The Morgan fingerprint density at radius 3 is 2.57 bits per heavy atom. The summed E-state index contributed by atoms with van der Waals surface area (Å²) in [7, 11) is 0. The van der Waals surface area contributed by atoms with E-state index in [4.69, 9.17) is 19.9 Å². The molecule has 3 aromatic carbocycles. The van der Waals surface area contributed by atoms with E-state index in [1.807, 2.05) is 18.2 Å². The average molecular weight is 731 g/mol. The smallest absolute Gasteiger partial charge is 0.252 e. The van der Waals surface area contributed by atoms with Crippen LogP contribution in [0.15, 0.2) is 91.3 Å². The van der Waals surface area contributed by atoms with E-state index in [0.717, 1.165) is 63.6 Å². The molecule has 12 nitrogen and oxygen atoms in total. The fraction of sp³-hybridized carbons (Fsp3) is 0.310. The second-order valence-electron chi connectivity index (χ2n) is 13.3. The normalized spacial score (nSPS) is 13.8. The summed E-state index contributed by atoms with van der Waals surface area (Å²) in [5.41, 5.74) is 13.6. The van der Waals surface area contributed by atoms with Crippen molar-refractivity contribution in [2.45, 2.75) is 31.8 Å². The van der Waals surface area contributed by atoms with E-state index >= 15 is 0 Å². The lowest BCUT2D eigenvalue weighted by Gasteiger charge is -2.15. The highest BCUT2D eigenvalue weighted by Crippen LogP contribution is 2.39. The molecule has 0 aliphatic carbocycles. The van der Waals surface area contributed by atoms with Gasteiger partial charge < -0.3 is 45.2 Å². The Labute approximate surface area is 313 Å². The number of nitrogens with zero attached hydrogens (tertiary/aromatic N) is 2. The number of fused-ring (bicyclic) bond motifs is 3. The van der Waals surface area contributed by atoms with Crippen molar-refractivity contribution in [1.82, 2.24) is 25.2 Å². The van der Waals surface area contributed by atoms with Crippen molar-refractivity contribution in [1.29, 1.82) is 0 Å². The molecule has 12 heteroatoms. The van der Waals surface area contributed by atoms with Gasteiger partial charge in [-0.1, -0.05) is 30.3 Å². The summed E-state index contributed by atoms with van der Waals surface area (Å²) in [6.07, 6.45) is 6.26. The monoisotopic (exact) mass is 730 g/mol. The summed E-state index contributed by atoms with van der Waals surface area (Å²) in [5, 5.41) is 18.5. The molecule has 2 amide bonds. The Hall–Kier alpha value is -5.53. The van der Waals surface area contributed by atoms with Crippen LogP contribution in [0.3, 0.4) is 0 Å². The fourth-order valence-electron chi connectivity index (χ4n) is 7.09. The van der Waals surface area contributed by atoms with E-state index in [1.54, 1.807) is 30.5 Å². The molecule has 0 bridgehead atoms. The van der Waals surface area contributed by atoms with Crippen LogP contribution in [0.4, 0.5) is 0 Å². The molecule has 6 aromatic rings. The lowest BCUT2D eigenvalue weighted by molar-refractivity contribution is 0.0166. The molecule has 1 aliphatic heterocycles. The first-order chi connectivity index (χ1) is 26.5. The van der Waals surface area contributed by atoms with Gasteiger partial charge in [0.1, 0.15) is 5.75 Å². The largest absolute Gasteiger partial charge is 0.508 e. The Morgan fingerprint density at radius 2 is 1.72 bits per heavy atom. The van der Waals surface area contributed by atoms with E-state index in [-0.39, 0.29) is 23.6 Å². The molecular weight excluding hydrogens is 684 g/mol. The summed E-state index contributed by atoms with van der Waals surface area (Å²) in [6, 6.07) is 24.9. The number of nitrogens with two attached hydrogens (primary N) is 1. The van der Waals surface area contributed by atoms with Crippen LogP contribution in [-0.4, -0.2) is 84.2 Å². The standard InChI is InChI=1S/C42H46N6O6/c43-14-18-52-20-22-54-23-21-53-19-16-45-41(50)30-12-15-44-31(25-30)27-48-17-13-29-9-8-28(24-38(29)48)4-3-7-37-39(34-5-1-2-6-36(34)46-37)40-35-26-32(49)10-11-33(35)42(51)47-40/h1-2,5-6,8-13,15,17,24-26,40,46,49H,3-4,7,14,16,18-23,27,43H2,(H,45,50)(H,47,51). The molecule has 7 rings (SSSR count). The van der Waals surface area contributed by atoms with E-state index in [9.17, 15) is 14.7 Å². The van der Waals surface area contributed by atoms with E-state index < -0.39 is 0 Å². The van der Waals surface area contributed by atoms with Crippen molar-refractivity contribution in [2.75, 3.05) is 52.7 Å². The van der Waals surface area contributed by atoms with Crippen molar-refractivity contribution in [3.8, 4) is 5.75 Å². The molecule has 1 aliphatic rings. The van der Waals surface area contributed by atoms with Gasteiger partial charge in [0.2, 0.25) is 0 Å². The number of rotatable bonds is 19. The van der Waals surface area contributed by atoms with E-state index in [1.165, 1.54) is 5.56 Å². The van der Waals surface area contributed by atoms with Gasteiger partial charge in [-0.05, 0) is 84.3 Å². The van der Waals surface area contributed by atoms with Gasteiger partial charge in [-0.2, -0.15) is 0 Å². The van der Waals surface area contributed by atoms with Gasteiger partial charge in [0.15, 0.2) is 0 Å².